The Labute approximate surface area is 521 Å². The fourth-order valence-corrected chi connectivity index (χ4v) is 15.1. The molecule has 2 aliphatic carbocycles. The van der Waals surface area contributed by atoms with Gasteiger partial charge < -0.3 is 60.5 Å². The van der Waals surface area contributed by atoms with E-state index >= 15 is 4.39 Å². The number of halogens is 1. The molecular formula is C63H71FN10O16S. The number of nitrogens with zero attached hydrogens (tertiary/aromatic N) is 5. The fraction of sp³-hybridized carbons (Fsp3) is 0.492. The van der Waals surface area contributed by atoms with E-state index in [-0.39, 0.29) is 67.5 Å². The Balaban J connectivity index is 0.683. The third kappa shape index (κ3) is 12.1. The molecule has 5 aromatic rings. The molecule has 1 spiro atoms. The van der Waals surface area contributed by atoms with Crippen LogP contribution in [0.2, 0.25) is 0 Å². The van der Waals surface area contributed by atoms with Gasteiger partial charge in [0.2, 0.25) is 38.6 Å². The maximum Gasteiger partial charge on any atom is 0.407 e. The Bertz CT molecular complexity index is 4040. The van der Waals surface area contributed by atoms with E-state index in [0.717, 1.165) is 18.4 Å². The average Bonchev–Trinajstić information content (AvgIpc) is 1.64. The summed E-state index contributed by atoms with van der Waals surface area (Å²) in [5.41, 5.74) is 1.62. The lowest BCUT2D eigenvalue weighted by atomic mass is 9.73. The van der Waals surface area contributed by atoms with Crippen LogP contribution in [0.4, 0.5) is 14.9 Å². The minimum Gasteiger partial charge on any atom is -0.481 e. The molecule has 2 fully saturated rings. The highest BCUT2D eigenvalue weighted by atomic mass is 32.2. The van der Waals surface area contributed by atoms with Crippen LogP contribution < -0.4 is 32.1 Å². The zero-order valence-corrected chi connectivity index (χ0v) is 51.7. The van der Waals surface area contributed by atoms with Gasteiger partial charge in [0.15, 0.2) is 5.60 Å². The van der Waals surface area contributed by atoms with Crippen LogP contribution in [0.3, 0.4) is 0 Å². The molecule has 26 nitrogen and oxygen atoms in total. The van der Waals surface area contributed by atoms with Crippen molar-refractivity contribution in [3.8, 4) is 11.4 Å². The van der Waals surface area contributed by atoms with Gasteiger partial charge in [0.05, 0.1) is 58.0 Å². The van der Waals surface area contributed by atoms with Gasteiger partial charge in [-0.3, -0.25) is 33.6 Å². The van der Waals surface area contributed by atoms with Crippen molar-refractivity contribution in [3.05, 3.63) is 109 Å². The zero-order valence-electron chi connectivity index (χ0n) is 50.9. The standard InChI is InChI=1S/C63H71FN10O16S/c1-6-63(85)41-23-46-52-39(27-74(46)58(82)40(41)29-89-59(63)83)50-43(16-15-37-32(4)42(64)24-44(69-52)49(37)50)70-61(84)90-28-34-11-13-35(14-12-34)67-54(78)33(5)66-56(80)51(31(2)3)71-55(79)45(25-48(76)77)68-47(75)17-20-73-30-62(18-21-88-22-19-62)53-38(57(73)81)26-65-60(72-53)91(86,87)36-9-7-8-10-36/h11-14,23-24,26,31,33,36,43,45,51,85H,6-10,15-22,25,27-30H2,1-5H3,(H,66,80)(H,67,78)(H,68,75)(H,70,84)(H,71,79)(H,76,77)/t33-,43-,45-,51-,63-/m0/s1. The first-order valence-electron chi connectivity index (χ1n) is 30.6. The number of aromatic nitrogens is 4. The maximum atomic E-state index is 15.5. The molecule has 482 valence electrons. The van der Waals surface area contributed by atoms with Gasteiger partial charge >= 0.3 is 18.0 Å². The summed E-state index contributed by atoms with van der Waals surface area (Å²) in [5.74, 6) is -7.09. The zero-order chi connectivity index (χ0) is 65.0. The number of rotatable bonds is 19. The van der Waals surface area contributed by atoms with Crippen molar-refractivity contribution in [1.82, 2.24) is 45.7 Å². The van der Waals surface area contributed by atoms with E-state index in [1.165, 1.54) is 28.7 Å². The molecular weight excluding hydrogens is 1200 g/mol. The highest BCUT2D eigenvalue weighted by Gasteiger charge is 2.49. The summed E-state index contributed by atoms with van der Waals surface area (Å²) < 4.78 is 60.5. The Kier molecular flexibility index (Phi) is 17.6. The van der Waals surface area contributed by atoms with Gasteiger partial charge in [0, 0.05) is 72.6 Å². The van der Waals surface area contributed by atoms with Crippen molar-refractivity contribution in [2.75, 3.05) is 31.6 Å². The highest BCUT2D eigenvalue weighted by molar-refractivity contribution is 7.91. The summed E-state index contributed by atoms with van der Waals surface area (Å²) in [6, 6.07) is 4.41. The summed E-state index contributed by atoms with van der Waals surface area (Å²) in [6.07, 6.45) is 3.33. The molecule has 2 aromatic carbocycles. The minimum absolute atomic E-state index is 0.0457. The number of anilines is 1. The number of aliphatic hydroxyl groups is 1. The lowest BCUT2D eigenvalue weighted by Crippen LogP contribution is -2.58. The molecule has 6 aliphatic rings. The van der Waals surface area contributed by atoms with E-state index in [1.54, 1.807) is 58.0 Å². The van der Waals surface area contributed by atoms with Crippen LogP contribution in [0, 0.1) is 18.7 Å². The van der Waals surface area contributed by atoms with Gasteiger partial charge in [-0.05, 0) is 105 Å². The smallest absolute Gasteiger partial charge is 0.407 e. The first-order valence-corrected chi connectivity index (χ1v) is 32.1. The summed E-state index contributed by atoms with van der Waals surface area (Å²) in [7, 11) is -3.84. The third-order valence-electron chi connectivity index (χ3n) is 18.6. The van der Waals surface area contributed by atoms with Crippen molar-refractivity contribution in [2.24, 2.45) is 5.92 Å². The number of cyclic esters (lactones) is 1. The molecule has 3 aromatic heterocycles. The van der Waals surface area contributed by atoms with Crippen LogP contribution in [0.1, 0.15) is 153 Å². The Morgan fingerprint density at radius 3 is 2.33 bits per heavy atom. The molecule has 11 rings (SSSR count). The summed E-state index contributed by atoms with van der Waals surface area (Å²) in [6.45, 7) is 8.02. The van der Waals surface area contributed by atoms with Gasteiger partial charge in [0.25, 0.3) is 11.5 Å². The Hall–Kier alpha value is -8.76. The number of sulfone groups is 1. The number of carbonyl (C=O) groups excluding carboxylic acids is 7. The van der Waals surface area contributed by atoms with E-state index in [4.69, 9.17) is 19.2 Å². The maximum absolute atomic E-state index is 15.5. The normalized spacial score (nSPS) is 19.9. The van der Waals surface area contributed by atoms with Crippen LogP contribution in [-0.2, 0) is 90.0 Å². The molecule has 7 heterocycles. The molecule has 6 amide bonds. The molecule has 0 unspecified atom stereocenters. The first-order chi connectivity index (χ1) is 43.3. The third-order valence-corrected chi connectivity index (χ3v) is 20.7. The quantitative estimate of drug-likeness (QED) is 0.0443. The molecule has 7 N–H and O–H groups in total. The molecule has 0 bridgehead atoms. The molecule has 28 heteroatoms. The van der Waals surface area contributed by atoms with Gasteiger partial charge in [-0.15, -0.1) is 0 Å². The largest absolute Gasteiger partial charge is 0.481 e. The molecule has 4 aliphatic heterocycles. The van der Waals surface area contributed by atoms with Crippen LogP contribution >= 0.6 is 0 Å². The van der Waals surface area contributed by atoms with E-state index in [9.17, 15) is 61.8 Å². The highest BCUT2D eigenvalue weighted by Crippen LogP contribution is 2.47. The number of amides is 6. The van der Waals surface area contributed by atoms with Crippen LogP contribution in [0.15, 0.2) is 52.5 Å². The second kappa shape index (κ2) is 25.1. The van der Waals surface area contributed by atoms with Gasteiger partial charge in [-0.25, -0.2) is 37.3 Å². The van der Waals surface area contributed by atoms with E-state index < -0.39 is 122 Å². The SMILES string of the molecule is CC[C@@]1(O)C(=O)OCc2c1cc1n(c2=O)Cc2c-1nc1cc(F)c(C)c3c1c2[C@@H](NC(=O)OCc1ccc(NC(=O)[C@H](C)NC(=O)[C@@H](NC(=O)[C@H](CC(=O)O)NC(=O)CCN2CC4(CCOCC4)c4nc(S(=O)(=O)C5CCCC5)ncc4C2=O)C(C)C)cc1)CC3. The summed E-state index contributed by atoms with van der Waals surface area (Å²) in [4.78, 5) is 136. The number of carbonyl (C=O) groups is 8. The predicted octanol–water partition coefficient (Wildman–Crippen LogP) is 4.08. The number of carboxylic acid groups (broad SMARTS) is 1. The number of hydrogen-bond donors (Lipinski definition) is 7. The second-order valence-electron chi connectivity index (χ2n) is 24.7. The number of carboxylic acids is 1. The number of aryl methyl sites for hydroxylation is 1. The molecule has 91 heavy (non-hydrogen) atoms. The number of nitrogens with one attached hydrogen (secondary N) is 5. The van der Waals surface area contributed by atoms with Crippen molar-refractivity contribution in [1.29, 1.82) is 0 Å². The monoisotopic (exact) mass is 1270 g/mol. The Morgan fingerprint density at radius 1 is 0.912 bits per heavy atom. The predicted molar refractivity (Wildman–Crippen MR) is 321 cm³/mol. The second-order valence-corrected chi connectivity index (χ2v) is 26.8. The van der Waals surface area contributed by atoms with E-state index in [0.29, 0.717) is 108 Å². The number of aliphatic carboxylic acids is 1. The lowest BCUT2D eigenvalue weighted by molar-refractivity contribution is -0.172. The first kappa shape index (κ1) is 63.8. The van der Waals surface area contributed by atoms with Gasteiger partial charge in [0.1, 0.15) is 37.2 Å². The van der Waals surface area contributed by atoms with Crippen LogP contribution in [0.5, 0.6) is 0 Å². The number of benzene rings is 2. The number of alkyl carbamates (subject to hydrolysis) is 1. The Morgan fingerprint density at radius 2 is 1.64 bits per heavy atom. The van der Waals surface area contributed by atoms with Gasteiger partial charge in [-0.1, -0.05) is 45.7 Å². The molecule has 0 radical (unpaired) electrons. The van der Waals surface area contributed by atoms with Crippen molar-refractivity contribution >= 4 is 74.0 Å². The molecule has 1 saturated heterocycles. The van der Waals surface area contributed by atoms with E-state index in [2.05, 4.69) is 36.6 Å². The van der Waals surface area contributed by atoms with Gasteiger partial charge in [-0.2, -0.15) is 0 Å². The van der Waals surface area contributed by atoms with E-state index in [1.807, 2.05) is 0 Å². The van der Waals surface area contributed by atoms with Crippen LogP contribution in [-0.4, -0.2) is 140 Å². The molecule has 1 saturated carbocycles. The number of ether oxygens (including phenoxy) is 3. The van der Waals surface area contributed by atoms with Crippen molar-refractivity contribution in [2.45, 2.75) is 171 Å². The minimum atomic E-state index is -3.84. The lowest BCUT2D eigenvalue weighted by Gasteiger charge is -2.44. The topological polar surface area (TPSA) is 363 Å². The number of esters is 1. The van der Waals surface area contributed by atoms with Crippen molar-refractivity contribution < 1.29 is 75.6 Å². The fourth-order valence-electron chi connectivity index (χ4n) is 13.4. The summed E-state index contributed by atoms with van der Waals surface area (Å²) >= 11 is 0. The summed E-state index contributed by atoms with van der Waals surface area (Å²) in [5, 5.41) is 34.1. The van der Waals surface area contributed by atoms with Crippen molar-refractivity contribution in [3.63, 3.8) is 0 Å². The number of fused-ring (bicyclic) bond motifs is 7. The van der Waals surface area contributed by atoms with Crippen LogP contribution in [0.25, 0.3) is 22.3 Å². The molecule has 5 atom stereocenters. The number of hydrogen-bond acceptors (Lipinski definition) is 18. The average molecular weight is 1280 g/mol. The number of pyridine rings is 2.